The fraction of sp³-hybridized carbons (Fsp3) is 0.800. The van der Waals surface area contributed by atoms with Gasteiger partial charge in [0, 0.05) is 13.1 Å². The van der Waals surface area contributed by atoms with E-state index in [1.807, 2.05) is 0 Å². The maximum absolute atomic E-state index is 7.10. The van der Waals surface area contributed by atoms with Gasteiger partial charge in [-0.25, -0.2) is 0 Å². The van der Waals surface area contributed by atoms with E-state index in [9.17, 15) is 0 Å². The zero-order valence-corrected chi connectivity index (χ0v) is 10.2. The van der Waals surface area contributed by atoms with Crippen LogP contribution < -0.4 is 11.5 Å². The Labute approximate surface area is 102 Å². The molecule has 0 aromatic heterocycles. The molecular formula is C10H20ClN5. The zero-order valence-electron chi connectivity index (χ0n) is 9.35. The molecule has 92 valence electrons. The third-order valence-electron chi connectivity index (χ3n) is 2.91. The fourth-order valence-electron chi connectivity index (χ4n) is 1.68. The summed E-state index contributed by atoms with van der Waals surface area (Å²) in [7, 11) is 0. The summed E-state index contributed by atoms with van der Waals surface area (Å²) in [6, 6.07) is 0. The zero-order chi connectivity index (χ0) is 10.8. The summed E-state index contributed by atoms with van der Waals surface area (Å²) < 4.78 is 0. The van der Waals surface area contributed by atoms with Gasteiger partial charge in [0.25, 0.3) is 0 Å². The first-order valence-electron chi connectivity index (χ1n) is 5.58. The molecule has 0 aliphatic heterocycles. The molecule has 0 spiro atoms. The minimum Gasteiger partial charge on any atom is -0.369 e. The number of hydrogen-bond donors (Lipinski definition) is 3. The molecule has 0 aromatic carbocycles. The topological polar surface area (TPSA) is 91.5 Å². The molecule has 5 N–H and O–H groups in total. The molecule has 5 nitrogen and oxygen atoms in total. The number of nitrogens with zero attached hydrogens (tertiary/aromatic N) is 2. The van der Waals surface area contributed by atoms with Gasteiger partial charge in [0.2, 0.25) is 5.96 Å². The lowest BCUT2D eigenvalue weighted by atomic mass is 10.3. The Morgan fingerprint density at radius 2 is 1.56 bits per heavy atom. The van der Waals surface area contributed by atoms with Gasteiger partial charge in [-0.3, -0.25) is 5.41 Å². The van der Waals surface area contributed by atoms with Crippen molar-refractivity contribution in [2.24, 2.45) is 28.3 Å². The molecule has 0 amide bonds. The molecule has 2 saturated carbocycles. The average molecular weight is 246 g/mol. The van der Waals surface area contributed by atoms with Crippen LogP contribution in [0.2, 0.25) is 0 Å². The Hall–Kier alpha value is -0.970. The highest BCUT2D eigenvalue weighted by atomic mass is 35.5. The van der Waals surface area contributed by atoms with Crippen LogP contribution in [-0.4, -0.2) is 29.9 Å². The summed E-state index contributed by atoms with van der Waals surface area (Å²) in [6.45, 7) is 1.97. The number of nitrogens with two attached hydrogens (primary N) is 2. The summed E-state index contributed by atoms with van der Waals surface area (Å²) in [5.41, 5.74) is 11.0. The number of nitrogens with one attached hydrogen (secondary N) is 1. The van der Waals surface area contributed by atoms with Crippen LogP contribution >= 0.6 is 12.4 Å². The van der Waals surface area contributed by atoms with E-state index in [-0.39, 0.29) is 18.4 Å². The van der Waals surface area contributed by atoms with E-state index in [0.29, 0.717) is 5.96 Å². The predicted octanol–water partition coefficient (Wildman–Crippen LogP) is 0.738. The number of halogens is 1. The second-order valence-electron chi connectivity index (χ2n) is 4.65. The van der Waals surface area contributed by atoms with Crippen molar-refractivity contribution in [3.63, 3.8) is 0 Å². The Morgan fingerprint density at radius 1 is 1.12 bits per heavy atom. The van der Waals surface area contributed by atoms with E-state index in [1.165, 1.54) is 25.7 Å². The van der Waals surface area contributed by atoms with Crippen LogP contribution in [-0.2, 0) is 0 Å². The molecule has 2 fully saturated rings. The van der Waals surface area contributed by atoms with Crippen molar-refractivity contribution in [1.82, 2.24) is 4.90 Å². The van der Waals surface area contributed by atoms with Crippen molar-refractivity contribution in [3.05, 3.63) is 0 Å². The van der Waals surface area contributed by atoms with Crippen molar-refractivity contribution < 1.29 is 0 Å². The lowest BCUT2D eigenvalue weighted by molar-refractivity contribution is 0.379. The average Bonchev–Trinajstić information content (AvgIpc) is 2.95. The van der Waals surface area contributed by atoms with E-state index in [4.69, 9.17) is 16.9 Å². The van der Waals surface area contributed by atoms with E-state index >= 15 is 0 Å². The van der Waals surface area contributed by atoms with Gasteiger partial charge in [0.1, 0.15) is 0 Å². The van der Waals surface area contributed by atoms with E-state index in [2.05, 4.69) is 9.89 Å². The van der Waals surface area contributed by atoms with Gasteiger partial charge in [-0.1, -0.05) is 0 Å². The molecule has 0 radical (unpaired) electrons. The first-order chi connectivity index (χ1) is 7.15. The summed E-state index contributed by atoms with van der Waals surface area (Å²) >= 11 is 0. The van der Waals surface area contributed by atoms with Gasteiger partial charge < -0.3 is 16.4 Å². The van der Waals surface area contributed by atoms with Gasteiger partial charge in [-0.15, -0.1) is 12.4 Å². The Morgan fingerprint density at radius 3 is 1.88 bits per heavy atom. The van der Waals surface area contributed by atoms with Gasteiger partial charge >= 0.3 is 0 Å². The minimum atomic E-state index is -0.205. The Balaban J connectivity index is 0.00000128. The van der Waals surface area contributed by atoms with Crippen LogP contribution in [0, 0.1) is 17.2 Å². The summed E-state index contributed by atoms with van der Waals surface area (Å²) in [5, 5.41) is 7.10. The number of guanidine groups is 2. The molecule has 0 heterocycles. The lowest BCUT2D eigenvalue weighted by Gasteiger charge is -2.23. The molecule has 0 bridgehead atoms. The maximum atomic E-state index is 7.10. The molecule has 2 aliphatic rings. The molecule has 0 atom stereocenters. The molecular weight excluding hydrogens is 226 g/mol. The SMILES string of the molecule is Cl.N=C(N)N=C(N)N(CC1CC1)CC1CC1. The molecule has 16 heavy (non-hydrogen) atoms. The number of rotatable bonds is 4. The van der Waals surface area contributed by atoms with Crippen molar-refractivity contribution in [1.29, 1.82) is 5.41 Å². The summed E-state index contributed by atoms with van der Waals surface area (Å²) in [5.74, 6) is 1.78. The van der Waals surface area contributed by atoms with Crippen LogP contribution in [0.15, 0.2) is 4.99 Å². The molecule has 0 aromatic rings. The van der Waals surface area contributed by atoms with Crippen molar-refractivity contribution >= 4 is 24.3 Å². The highest BCUT2D eigenvalue weighted by Gasteiger charge is 2.30. The van der Waals surface area contributed by atoms with Crippen molar-refractivity contribution in [2.45, 2.75) is 25.7 Å². The van der Waals surface area contributed by atoms with Gasteiger partial charge in [-0.2, -0.15) is 4.99 Å². The van der Waals surface area contributed by atoms with Crippen LogP contribution in [0.5, 0.6) is 0 Å². The largest absolute Gasteiger partial charge is 0.369 e. The first kappa shape index (κ1) is 13.1. The molecule has 6 heteroatoms. The normalized spacial score (nSPS) is 20.1. The number of hydrogen-bond acceptors (Lipinski definition) is 1. The molecule has 0 unspecified atom stereocenters. The summed E-state index contributed by atoms with van der Waals surface area (Å²) in [4.78, 5) is 5.91. The smallest absolute Gasteiger partial charge is 0.215 e. The third-order valence-corrected chi connectivity index (χ3v) is 2.91. The fourth-order valence-corrected chi connectivity index (χ4v) is 1.68. The van der Waals surface area contributed by atoms with Crippen LogP contribution in [0.4, 0.5) is 0 Å². The first-order valence-corrected chi connectivity index (χ1v) is 5.58. The second kappa shape index (κ2) is 5.39. The number of aliphatic imine (C=N–C) groups is 1. The third kappa shape index (κ3) is 4.26. The van der Waals surface area contributed by atoms with E-state index in [1.54, 1.807) is 0 Å². The van der Waals surface area contributed by atoms with Gasteiger partial charge in [-0.05, 0) is 37.5 Å². The second-order valence-corrected chi connectivity index (χ2v) is 4.65. The van der Waals surface area contributed by atoms with Crippen LogP contribution in [0.25, 0.3) is 0 Å². The quantitative estimate of drug-likeness (QED) is 0.504. The standard InChI is InChI=1S/C10H19N5.ClH/c11-9(12)14-10(13)15(5-7-1-2-7)6-8-3-4-8;/h7-8H,1-6H2,(H5,11,12,13,14);1H. The predicted molar refractivity (Wildman–Crippen MR) is 67.8 cm³/mol. The Kier molecular flexibility index (Phi) is 4.41. The van der Waals surface area contributed by atoms with Crippen molar-refractivity contribution in [3.8, 4) is 0 Å². The highest BCUT2D eigenvalue weighted by molar-refractivity contribution is 5.91. The van der Waals surface area contributed by atoms with E-state index < -0.39 is 0 Å². The Bertz CT molecular complexity index is 269. The monoisotopic (exact) mass is 245 g/mol. The van der Waals surface area contributed by atoms with E-state index in [0.717, 1.165) is 24.9 Å². The highest BCUT2D eigenvalue weighted by Crippen LogP contribution is 2.33. The minimum absolute atomic E-state index is 0. The van der Waals surface area contributed by atoms with Crippen molar-refractivity contribution in [2.75, 3.05) is 13.1 Å². The molecule has 2 rings (SSSR count). The van der Waals surface area contributed by atoms with Crippen LogP contribution in [0.3, 0.4) is 0 Å². The molecule has 2 aliphatic carbocycles. The maximum Gasteiger partial charge on any atom is 0.215 e. The van der Waals surface area contributed by atoms with Crippen LogP contribution in [0.1, 0.15) is 25.7 Å². The molecule has 0 saturated heterocycles. The lowest BCUT2D eigenvalue weighted by Crippen LogP contribution is -2.41. The van der Waals surface area contributed by atoms with Gasteiger partial charge in [0.15, 0.2) is 5.96 Å². The van der Waals surface area contributed by atoms with Gasteiger partial charge in [0.05, 0.1) is 0 Å². The summed E-state index contributed by atoms with van der Waals surface area (Å²) in [6.07, 6.45) is 5.20.